The molecule has 9 heteroatoms. The summed E-state index contributed by atoms with van der Waals surface area (Å²) in [7, 11) is 1.88. The smallest absolute Gasteiger partial charge is 0.229 e. The van der Waals surface area contributed by atoms with Crippen LogP contribution in [-0.4, -0.2) is 61.4 Å². The van der Waals surface area contributed by atoms with Gasteiger partial charge in [-0.15, -0.1) is 6.58 Å². The number of carbonyl (C=O) groups excluding carboxylic acids is 1. The maximum Gasteiger partial charge on any atom is 0.229 e. The predicted molar refractivity (Wildman–Crippen MR) is 138 cm³/mol. The molecule has 182 valence electrons. The minimum Gasteiger partial charge on any atom is -0.353 e. The number of hydrogen-bond acceptors (Lipinski definition) is 6. The average molecular weight is 481 g/mol. The van der Waals surface area contributed by atoms with Crippen LogP contribution in [0.15, 0.2) is 55.8 Å². The number of aryl methyl sites for hydroxylation is 2. The summed E-state index contributed by atoms with van der Waals surface area (Å²) < 4.78 is 3.51. The molecule has 0 spiro atoms. The molecule has 1 amide bonds. The molecule has 1 fully saturated rings. The van der Waals surface area contributed by atoms with E-state index < -0.39 is 0 Å². The standard InChI is InChI=1S/C27H28N8O/c1-5-18(2)27(36)34-8-6-33(7-9-34)26-19(3)10-20(13-29-26)24-11-21(23-15-30-32(4)16-23)17-35-25(24)22(12-28)14-31-35/h5,10-11,13-18H,1,6-9H2,2-4H3. The summed E-state index contributed by atoms with van der Waals surface area (Å²) in [5, 5.41) is 18.4. The Balaban J connectivity index is 1.48. The molecule has 36 heavy (non-hydrogen) atoms. The third kappa shape index (κ3) is 4.11. The predicted octanol–water partition coefficient (Wildman–Crippen LogP) is 3.45. The lowest BCUT2D eigenvalue weighted by molar-refractivity contribution is -0.133. The van der Waals surface area contributed by atoms with Gasteiger partial charge in [0.2, 0.25) is 5.91 Å². The molecule has 0 radical (unpaired) electrons. The van der Waals surface area contributed by atoms with Gasteiger partial charge in [-0.05, 0) is 24.6 Å². The van der Waals surface area contributed by atoms with Crippen molar-refractivity contribution in [3.63, 3.8) is 0 Å². The monoisotopic (exact) mass is 480 g/mol. The molecule has 0 bridgehead atoms. The van der Waals surface area contributed by atoms with Crippen molar-refractivity contribution in [3.8, 4) is 28.3 Å². The van der Waals surface area contributed by atoms with Gasteiger partial charge in [0.05, 0.1) is 29.4 Å². The first-order valence-corrected chi connectivity index (χ1v) is 11.9. The first kappa shape index (κ1) is 23.3. The van der Waals surface area contributed by atoms with E-state index in [0.717, 1.165) is 52.2 Å². The summed E-state index contributed by atoms with van der Waals surface area (Å²) >= 11 is 0. The van der Waals surface area contributed by atoms with Crippen LogP contribution in [0.2, 0.25) is 0 Å². The molecule has 1 atom stereocenters. The van der Waals surface area contributed by atoms with Gasteiger partial charge in [-0.3, -0.25) is 9.48 Å². The minimum atomic E-state index is -0.170. The summed E-state index contributed by atoms with van der Waals surface area (Å²) in [4.78, 5) is 21.4. The Kier molecular flexibility index (Phi) is 6.02. The SMILES string of the molecule is C=CC(C)C(=O)N1CCN(c2ncc(-c3cc(-c4cnn(C)c4)cn4ncc(C#N)c34)cc2C)CC1. The minimum absolute atomic E-state index is 0.122. The van der Waals surface area contributed by atoms with Gasteiger partial charge in [-0.1, -0.05) is 13.0 Å². The lowest BCUT2D eigenvalue weighted by atomic mass is 10.00. The number of nitrogens with zero attached hydrogens (tertiary/aromatic N) is 8. The molecule has 1 unspecified atom stereocenters. The number of carbonyl (C=O) groups is 1. The van der Waals surface area contributed by atoms with E-state index in [0.29, 0.717) is 18.7 Å². The second-order valence-electron chi connectivity index (χ2n) is 9.21. The van der Waals surface area contributed by atoms with Crippen molar-refractivity contribution in [2.75, 3.05) is 31.1 Å². The molecule has 0 saturated carbocycles. The zero-order valence-corrected chi connectivity index (χ0v) is 20.7. The van der Waals surface area contributed by atoms with Crippen LogP contribution in [0, 0.1) is 24.2 Å². The Morgan fingerprint density at radius 1 is 1.08 bits per heavy atom. The van der Waals surface area contributed by atoms with Crippen LogP contribution in [0.1, 0.15) is 18.1 Å². The lowest BCUT2D eigenvalue weighted by Crippen LogP contribution is -2.50. The Morgan fingerprint density at radius 3 is 2.50 bits per heavy atom. The van der Waals surface area contributed by atoms with Gasteiger partial charge in [0.25, 0.3) is 0 Å². The second-order valence-corrected chi connectivity index (χ2v) is 9.21. The summed E-state index contributed by atoms with van der Waals surface area (Å²) in [6.45, 7) is 10.4. The molecule has 0 N–H and O–H groups in total. The van der Waals surface area contributed by atoms with E-state index in [9.17, 15) is 10.1 Å². The zero-order chi connectivity index (χ0) is 25.4. The van der Waals surface area contributed by atoms with Crippen LogP contribution in [-0.2, 0) is 11.8 Å². The highest BCUT2D eigenvalue weighted by Gasteiger charge is 2.25. The van der Waals surface area contributed by atoms with E-state index in [4.69, 9.17) is 4.98 Å². The van der Waals surface area contributed by atoms with Crippen LogP contribution < -0.4 is 4.90 Å². The van der Waals surface area contributed by atoms with Crippen molar-refractivity contribution in [1.29, 1.82) is 5.26 Å². The molecule has 0 aromatic carbocycles. The van der Waals surface area contributed by atoms with Crippen LogP contribution >= 0.6 is 0 Å². The Labute approximate surface area is 209 Å². The molecule has 1 aliphatic heterocycles. The first-order valence-electron chi connectivity index (χ1n) is 11.9. The van der Waals surface area contributed by atoms with Gasteiger partial charge in [-0.25, -0.2) is 9.50 Å². The fourth-order valence-corrected chi connectivity index (χ4v) is 4.72. The van der Waals surface area contributed by atoms with Crippen LogP contribution in [0.25, 0.3) is 27.8 Å². The molecule has 5 heterocycles. The third-order valence-electron chi connectivity index (χ3n) is 6.77. The molecule has 9 nitrogen and oxygen atoms in total. The maximum atomic E-state index is 12.5. The van der Waals surface area contributed by atoms with Gasteiger partial charge >= 0.3 is 0 Å². The van der Waals surface area contributed by atoms with Crippen molar-refractivity contribution in [2.24, 2.45) is 13.0 Å². The number of pyridine rings is 2. The largest absolute Gasteiger partial charge is 0.353 e. The number of hydrogen-bond donors (Lipinski definition) is 0. The Hall–Kier alpha value is -4.45. The number of anilines is 1. The lowest BCUT2D eigenvalue weighted by Gasteiger charge is -2.36. The molecular weight excluding hydrogens is 452 g/mol. The number of rotatable bonds is 5. The van der Waals surface area contributed by atoms with Crippen LogP contribution in [0.5, 0.6) is 0 Å². The number of aromatic nitrogens is 5. The highest BCUT2D eigenvalue weighted by molar-refractivity contribution is 5.88. The summed E-state index contributed by atoms with van der Waals surface area (Å²) in [6, 6.07) is 6.43. The fourth-order valence-electron chi connectivity index (χ4n) is 4.72. The molecule has 0 aliphatic carbocycles. The van der Waals surface area contributed by atoms with Gasteiger partial charge in [0, 0.05) is 74.1 Å². The number of piperazine rings is 1. The topological polar surface area (TPSA) is 95.3 Å². The van der Waals surface area contributed by atoms with Gasteiger partial charge < -0.3 is 9.80 Å². The van der Waals surface area contributed by atoms with E-state index in [1.165, 1.54) is 0 Å². The molecule has 4 aromatic heterocycles. The van der Waals surface area contributed by atoms with Gasteiger partial charge in [0.1, 0.15) is 11.9 Å². The van der Waals surface area contributed by atoms with Crippen molar-refractivity contribution in [2.45, 2.75) is 13.8 Å². The summed E-state index contributed by atoms with van der Waals surface area (Å²) in [6.07, 6.45) is 10.8. The molecular formula is C27H28N8O. The number of nitriles is 1. The van der Waals surface area contributed by atoms with Crippen molar-refractivity contribution < 1.29 is 4.79 Å². The Morgan fingerprint density at radius 2 is 1.86 bits per heavy atom. The van der Waals surface area contributed by atoms with E-state index in [1.807, 2.05) is 50.6 Å². The fraction of sp³-hybridized carbons (Fsp3) is 0.296. The quantitative estimate of drug-likeness (QED) is 0.406. The first-order chi connectivity index (χ1) is 17.4. The highest BCUT2D eigenvalue weighted by atomic mass is 16.2. The zero-order valence-electron chi connectivity index (χ0n) is 20.7. The van der Waals surface area contributed by atoms with Crippen LogP contribution in [0.4, 0.5) is 5.82 Å². The maximum absolute atomic E-state index is 12.5. The van der Waals surface area contributed by atoms with Crippen molar-refractivity contribution in [1.82, 2.24) is 29.3 Å². The van der Waals surface area contributed by atoms with Crippen molar-refractivity contribution in [3.05, 3.63) is 66.9 Å². The van der Waals surface area contributed by atoms with Crippen LogP contribution in [0.3, 0.4) is 0 Å². The molecule has 4 aromatic rings. The second kappa shape index (κ2) is 9.30. The molecule has 5 rings (SSSR count). The highest BCUT2D eigenvalue weighted by Crippen LogP contribution is 2.33. The molecule has 1 saturated heterocycles. The van der Waals surface area contributed by atoms with Gasteiger partial charge in [0.15, 0.2) is 0 Å². The third-order valence-corrected chi connectivity index (χ3v) is 6.77. The van der Waals surface area contributed by atoms with E-state index >= 15 is 0 Å². The summed E-state index contributed by atoms with van der Waals surface area (Å²) in [5.41, 5.74) is 6.03. The average Bonchev–Trinajstić information content (AvgIpc) is 3.53. The van der Waals surface area contributed by atoms with E-state index in [-0.39, 0.29) is 11.8 Å². The summed E-state index contributed by atoms with van der Waals surface area (Å²) in [5.74, 6) is 0.865. The molecule has 1 aliphatic rings. The Bertz CT molecular complexity index is 1500. The van der Waals surface area contributed by atoms with Gasteiger partial charge in [-0.2, -0.15) is 15.5 Å². The number of fused-ring (bicyclic) bond motifs is 1. The van der Waals surface area contributed by atoms with E-state index in [2.05, 4.69) is 39.9 Å². The number of amides is 1. The van der Waals surface area contributed by atoms with Crippen molar-refractivity contribution >= 4 is 17.2 Å². The van der Waals surface area contributed by atoms with E-state index in [1.54, 1.807) is 21.5 Å². The normalized spacial score (nSPS) is 14.6.